The fourth-order valence-electron chi connectivity index (χ4n) is 1.92. The Bertz CT molecular complexity index is 1030. The number of Topliss-reactive ketones (excluding diaryl/α,β-unsaturated/α-hetero) is 1. The van der Waals surface area contributed by atoms with E-state index in [-0.39, 0.29) is 15.5 Å². The minimum absolute atomic E-state index is 0.0265. The van der Waals surface area contributed by atoms with Gasteiger partial charge in [0.15, 0.2) is 9.84 Å². The third-order valence-electron chi connectivity index (χ3n) is 3.40. The molecule has 0 fully saturated rings. The van der Waals surface area contributed by atoms with Crippen molar-refractivity contribution in [2.45, 2.75) is 24.0 Å². The number of hydrogen-bond acceptors (Lipinski definition) is 10. The van der Waals surface area contributed by atoms with E-state index in [0.29, 0.717) is 4.88 Å². The second kappa shape index (κ2) is 8.43. The molecule has 0 aromatic carbocycles. The molecule has 0 saturated heterocycles. The van der Waals surface area contributed by atoms with E-state index >= 15 is 0 Å². The molecular weight excluding hydrogens is 410 g/mol. The first-order valence-electron chi connectivity index (χ1n) is 7.49. The molecule has 0 spiro atoms. The van der Waals surface area contributed by atoms with E-state index in [1.165, 1.54) is 19.2 Å². The first kappa shape index (κ1) is 20.8. The first-order chi connectivity index (χ1) is 12.7. The van der Waals surface area contributed by atoms with E-state index in [9.17, 15) is 23.3 Å². The van der Waals surface area contributed by atoms with Gasteiger partial charge in [-0.3, -0.25) is 10.2 Å². The van der Waals surface area contributed by atoms with Crippen LogP contribution in [0.15, 0.2) is 32.9 Å². The average Bonchev–Trinajstić information content (AvgIpc) is 3.31. The van der Waals surface area contributed by atoms with Gasteiger partial charge in [0, 0.05) is 5.38 Å². The minimum atomic E-state index is -3.74. The highest BCUT2D eigenvalue weighted by molar-refractivity contribution is 7.92. The number of ether oxygens (including phenoxy) is 1. The summed E-state index contributed by atoms with van der Waals surface area (Å²) in [5, 5.41) is 15.2. The Hall–Kier alpha value is -2.55. The van der Waals surface area contributed by atoms with Crippen LogP contribution in [0.25, 0.3) is 0 Å². The summed E-state index contributed by atoms with van der Waals surface area (Å²) in [6, 6.07) is 4.87. The minimum Gasteiger partial charge on any atom is -0.465 e. The molecule has 1 N–H and O–H groups in total. The monoisotopic (exact) mass is 425 g/mol. The van der Waals surface area contributed by atoms with Crippen LogP contribution in [0, 0.1) is 11.3 Å². The Labute approximate surface area is 164 Å². The zero-order valence-electron chi connectivity index (χ0n) is 14.5. The number of nitrogens with zero attached hydrogens (tertiary/aromatic N) is 2. The van der Waals surface area contributed by atoms with Crippen molar-refractivity contribution in [3.8, 4) is 6.07 Å². The number of anilines is 1. The molecule has 0 aliphatic rings. The van der Waals surface area contributed by atoms with Crippen LogP contribution in [0.5, 0.6) is 0 Å². The highest BCUT2D eigenvalue weighted by Crippen LogP contribution is 2.34. The summed E-state index contributed by atoms with van der Waals surface area (Å²) in [7, 11) is -2.58. The first-order valence-corrected chi connectivity index (χ1v) is 10.8. The number of hydrogen-bond donors (Lipinski definition) is 1. The van der Waals surface area contributed by atoms with Gasteiger partial charge < -0.3 is 4.74 Å². The maximum Gasteiger partial charge on any atom is 0.350 e. The Balaban J connectivity index is 2.50. The van der Waals surface area contributed by atoms with E-state index in [0.717, 1.165) is 29.8 Å². The summed E-state index contributed by atoms with van der Waals surface area (Å²) < 4.78 is 29.8. The summed E-state index contributed by atoms with van der Waals surface area (Å²) in [6.45, 7) is 3.00. The molecule has 0 amide bonds. The molecule has 2 heterocycles. The Morgan fingerprint density at radius 3 is 2.56 bits per heavy atom. The fraction of sp³-hybridized carbons (Fsp3) is 0.250. The number of rotatable bonds is 7. The zero-order chi connectivity index (χ0) is 20.2. The van der Waals surface area contributed by atoms with Gasteiger partial charge in [-0.1, -0.05) is 6.07 Å². The summed E-state index contributed by atoms with van der Waals surface area (Å²) in [5.41, 5.74) is 1.83. The van der Waals surface area contributed by atoms with Crippen molar-refractivity contribution in [1.82, 2.24) is 0 Å². The van der Waals surface area contributed by atoms with Gasteiger partial charge in [0.2, 0.25) is 11.5 Å². The maximum absolute atomic E-state index is 12.5. The molecule has 11 heteroatoms. The van der Waals surface area contributed by atoms with Crippen molar-refractivity contribution in [3.63, 3.8) is 0 Å². The molecule has 0 unspecified atom stereocenters. The summed E-state index contributed by atoms with van der Waals surface area (Å²) >= 11 is 2.01. The predicted molar refractivity (Wildman–Crippen MR) is 103 cm³/mol. The summed E-state index contributed by atoms with van der Waals surface area (Å²) in [4.78, 5) is 24.4. The van der Waals surface area contributed by atoms with Gasteiger partial charge in [0.05, 0.1) is 17.2 Å². The van der Waals surface area contributed by atoms with E-state index in [1.54, 1.807) is 23.6 Å². The number of hydrazone groups is 1. The fourth-order valence-corrected chi connectivity index (χ4v) is 5.06. The topological polar surface area (TPSA) is 126 Å². The number of methoxy groups -OCH3 is 1. The predicted octanol–water partition coefficient (Wildman–Crippen LogP) is 2.95. The number of sulfone groups is 1. The van der Waals surface area contributed by atoms with E-state index in [4.69, 9.17) is 0 Å². The molecule has 2 aromatic heterocycles. The van der Waals surface area contributed by atoms with Crippen molar-refractivity contribution in [2.75, 3.05) is 12.5 Å². The van der Waals surface area contributed by atoms with Crippen LogP contribution in [0.3, 0.4) is 0 Å². The Kier molecular flexibility index (Phi) is 6.48. The Morgan fingerprint density at radius 1 is 1.33 bits per heavy atom. The van der Waals surface area contributed by atoms with Crippen LogP contribution in [0.1, 0.15) is 33.2 Å². The smallest absolute Gasteiger partial charge is 0.350 e. The van der Waals surface area contributed by atoms with Crippen molar-refractivity contribution in [2.24, 2.45) is 5.10 Å². The molecule has 142 valence electrons. The summed E-state index contributed by atoms with van der Waals surface area (Å²) in [6.07, 6.45) is 0. The molecule has 2 rings (SSSR count). The number of carbonyl (C=O) groups excluding carboxylic acids is 2. The lowest BCUT2D eigenvalue weighted by Gasteiger charge is -2.10. The number of carbonyl (C=O) groups is 2. The average molecular weight is 426 g/mol. The van der Waals surface area contributed by atoms with E-state index in [1.807, 2.05) is 0 Å². The maximum atomic E-state index is 12.5. The van der Waals surface area contributed by atoms with Gasteiger partial charge in [-0.2, -0.15) is 10.4 Å². The molecule has 27 heavy (non-hydrogen) atoms. The van der Waals surface area contributed by atoms with Gasteiger partial charge in [-0.05, 0) is 25.3 Å². The van der Waals surface area contributed by atoms with Gasteiger partial charge in [-0.15, -0.1) is 22.7 Å². The highest BCUT2D eigenvalue weighted by Gasteiger charge is 2.29. The van der Waals surface area contributed by atoms with Gasteiger partial charge >= 0.3 is 5.97 Å². The van der Waals surface area contributed by atoms with Crippen LogP contribution in [-0.2, 0) is 14.6 Å². The van der Waals surface area contributed by atoms with Crippen LogP contribution >= 0.6 is 22.7 Å². The highest BCUT2D eigenvalue weighted by atomic mass is 32.2. The van der Waals surface area contributed by atoms with Crippen LogP contribution in [0.4, 0.5) is 5.69 Å². The lowest BCUT2D eigenvalue weighted by atomic mass is 10.2. The number of ketones is 1. The molecule has 0 atom stereocenters. The van der Waals surface area contributed by atoms with Crippen molar-refractivity contribution >= 4 is 55.7 Å². The number of esters is 1. The number of thiophene rings is 2. The molecule has 0 radical (unpaired) electrons. The van der Waals surface area contributed by atoms with Crippen molar-refractivity contribution in [1.29, 1.82) is 5.26 Å². The molecule has 0 bridgehead atoms. The van der Waals surface area contributed by atoms with Crippen LogP contribution < -0.4 is 5.43 Å². The summed E-state index contributed by atoms with van der Waals surface area (Å²) in [5.74, 6) is -1.37. The second-order valence-electron chi connectivity index (χ2n) is 5.38. The number of nitrogens with one attached hydrogen (secondary N) is 1. The molecule has 2 aromatic rings. The van der Waals surface area contributed by atoms with E-state index < -0.39 is 32.6 Å². The van der Waals surface area contributed by atoms with Gasteiger partial charge in [0.25, 0.3) is 0 Å². The van der Waals surface area contributed by atoms with Gasteiger partial charge in [-0.25, -0.2) is 13.2 Å². The third-order valence-corrected chi connectivity index (χ3v) is 7.55. The standard InChI is InChI=1S/C16H15N3O5S3/c1-9(2)27(22,23)12-8-26-15(16(21)24-3)13(12)19-18-10(7-17)14(20)11-5-4-6-25-11/h4-6,8-9,19H,1-3H3/b18-10+. The van der Waals surface area contributed by atoms with Crippen molar-refractivity contribution < 1.29 is 22.7 Å². The zero-order valence-corrected chi connectivity index (χ0v) is 17.0. The normalized spacial score (nSPS) is 11.9. The Morgan fingerprint density at radius 2 is 2.04 bits per heavy atom. The quantitative estimate of drug-likeness (QED) is 0.313. The number of nitriles is 1. The van der Waals surface area contributed by atoms with E-state index in [2.05, 4.69) is 15.3 Å². The van der Waals surface area contributed by atoms with Crippen molar-refractivity contribution in [3.05, 3.63) is 32.6 Å². The molecule has 0 aliphatic carbocycles. The van der Waals surface area contributed by atoms with Gasteiger partial charge in [0.1, 0.15) is 21.5 Å². The molecule has 0 saturated carbocycles. The molecule has 8 nitrogen and oxygen atoms in total. The van der Waals surface area contributed by atoms with Crippen LogP contribution in [-0.4, -0.2) is 38.2 Å². The van der Waals surface area contributed by atoms with Crippen LogP contribution in [0.2, 0.25) is 0 Å². The third kappa shape index (κ3) is 4.24. The largest absolute Gasteiger partial charge is 0.465 e. The lowest BCUT2D eigenvalue weighted by molar-refractivity contribution is 0.0607. The molecule has 0 aliphatic heterocycles. The molecular formula is C16H15N3O5S3. The second-order valence-corrected chi connectivity index (χ2v) is 9.68. The lowest BCUT2D eigenvalue weighted by Crippen LogP contribution is -2.17. The SMILES string of the molecule is COC(=O)c1scc(S(=O)(=O)C(C)C)c1N/N=C(\C#N)C(=O)c1cccs1.